The number of aliphatic hydroxyl groups is 1. The first-order valence-electron chi connectivity index (χ1n) is 5.92. The molecule has 18 heavy (non-hydrogen) atoms. The predicted molar refractivity (Wildman–Crippen MR) is 79.1 cm³/mol. The molecule has 0 aliphatic heterocycles. The first-order valence-corrected chi connectivity index (χ1v) is 6.71. The molecule has 1 atom stereocenters. The minimum Gasteiger partial charge on any atom is -0.389 e. The van der Waals surface area contributed by atoms with E-state index in [2.05, 4.69) is 27.4 Å². The number of benzene rings is 1. The summed E-state index contributed by atoms with van der Waals surface area (Å²) in [6.45, 7) is 7.67. The lowest BCUT2D eigenvalue weighted by atomic mass is 10.1. The van der Waals surface area contributed by atoms with Crippen LogP contribution in [0.15, 0.2) is 35.3 Å². The normalized spacial score (nSPS) is 12.2. The van der Waals surface area contributed by atoms with Crippen LogP contribution in [0.4, 0.5) is 5.69 Å². The molecule has 3 nitrogen and oxygen atoms in total. The van der Waals surface area contributed by atoms with Crippen LogP contribution in [0, 0.1) is 0 Å². The number of hydrogen-bond acceptors (Lipinski definition) is 3. The summed E-state index contributed by atoms with van der Waals surface area (Å²) in [5, 5.41) is 9.84. The fourth-order valence-corrected chi connectivity index (χ4v) is 2.16. The Labute approximate surface area is 117 Å². The molecule has 1 N–H and O–H groups in total. The molecule has 0 aliphatic carbocycles. The Morgan fingerprint density at radius 1 is 1.56 bits per heavy atom. The lowest BCUT2D eigenvalue weighted by Crippen LogP contribution is -2.28. The van der Waals surface area contributed by atoms with Crippen molar-refractivity contribution in [2.45, 2.75) is 13.0 Å². The van der Waals surface area contributed by atoms with E-state index in [9.17, 15) is 5.11 Å². The summed E-state index contributed by atoms with van der Waals surface area (Å²) < 4.78 is 6.11. The van der Waals surface area contributed by atoms with Gasteiger partial charge in [-0.25, -0.2) is 0 Å². The van der Waals surface area contributed by atoms with Gasteiger partial charge in [0.2, 0.25) is 0 Å². The average molecular weight is 314 g/mol. The number of halogens is 1. The fraction of sp³-hybridized carbons (Fsp3) is 0.429. The number of nitrogens with zero attached hydrogens (tertiary/aromatic N) is 1. The molecule has 0 radical (unpaired) electrons. The summed E-state index contributed by atoms with van der Waals surface area (Å²) in [4.78, 5) is 2.14. The first kappa shape index (κ1) is 15.2. The minimum absolute atomic E-state index is 0.497. The lowest BCUT2D eigenvalue weighted by molar-refractivity contribution is 0.197. The largest absolute Gasteiger partial charge is 0.389 e. The van der Waals surface area contributed by atoms with Crippen LogP contribution in [-0.4, -0.2) is 31.9 Å². The Morgan fingerprint density at radius 2 is 2.28 bits per heavy atom. The lowest BCUT2D eigenvalue weighted by Gasteiger charge is -2.27. The Hall–Kier alpha value is -0.840. The summed E-state index contributed by atoms with van der Waals surface area (Å²) in [7, 11) is 1.68. The monoisotopic (exact) mass is 313 g/mol. The summed E-state index contributed by atoms with van der Waals surface area (Å²) in [5.41, 5.74) is 1.92. The average Bonchev–Trinajstić information content (AvgIpc) is 2.34. The van der Waals surface area contributed by atoms with Gasteiger partial charge in [0, 0.05) is 35.9 Å². The maximum Gasteiger partial charge on any atom is 0.0782 e. The van der Waals surface area contributed by atoms with Gasteiger partial charge < -0.3 is 14.7 Å². The molecule has 100 valence electrons. The third-order valence-electron chi connectivity index (χ3n) is 2.70. The van der Waals surface area contributed by atoms with Crippen LogP contribution in [0.1, 0.15) is 18.6 Å². The van der Waals surface area contributed by atoms with Gasteiger partial charge in [-0.1, -0.05) is 28.1 Å². The molecule has 4 heteroatoms. The Bertz CT molecular complexity index is 393. The van der Waals surface area contributed by atoms with Crippen LogP contribution in [0.2, 0.25) is 0 Å². The zero-order valence-corrected chi connectivity index (χ0v) is 12.5. The van der Waals surface area contributed by atoms with Crippen LogP contribution >= 0.6 is 15.9 Å². The van der Waals surface area contributed by atoms with Crippen molar-refractivity contribution >= 4 is 21.6 Å². The molecule has 0 saturated heterocycles. The number of anilines is 1. The predicted octanol–water partition coefficient (Wildman–Crippen LogP) is 3.14. The number of rotatable bonds is 7. The van der Waals surface area contributed by atoms with Crippen molar-refractivity contribution in [3.8, 4) is 0 Å². The molecule has 1 aromatic carbocycles. The van der Waals surface area contributed by atoms with E-state index >= 15 is 0 Å². The number of aliphatic hydroxyl groups excluding tert-OH is 1. The van der Waals surface area contributed by atoms with Gasteiger partial charge in [0.25, 0.3) is 0 Å². The molecule has 0 spiro atoms. The SMILES string of the molecule is C=CCN(CCOC)c1cc(Br)ccc1C(C)O. The summed E-state index contributed by atoms with van der Waals surface area (Å²) in [5.74, 6) is 0. The summed E-state index contributed by atoms with van der Waals surface area (Å²) >= 11 is 3.47. The highest BCUT2D eigenvalue weighted by Gasteiger charge is 2.14. The van der Waals surface area contributed by atoms with Crippen LogP contribution < -0.4 is 4.90 Å². The van der Waals surface area contributed by atoms with Gasteiger partial charge in [-0.3, -0.25) is 0 Å². The van der Waals surface area contributed by atoms with E-state index in [0.29, 0.717) is 6.61 Å². The third-order valence-corrected chi connectivity index (χ3v) is 3.19. The number of hydrogen-bond donors (Lipinski definition) is 1. The van der Waals surface area contributed by atoms with Crippen molar-refractivity contribution in [1.82, 2.24) is 0 Å². The molecular formula is C14H20BrNO2. The maximum absolute atomic E-state index is 9.84. The Kier molecular flexibility index (Phi) is 6.39. The van der Waals surface area contributed by atoms with Gasteiger partial charge in [-0.2, -0.15) is 0 Å². The van der Waals surface area contributed by atoms with Crippen LogP contribution in [0.25, 0.3) is 0 Å². The van der Waals surface area contributed by atoms with E-state index in [0.717, 1.165) is 28.8 Å². The van der Waals surface area contributed by atoms with Crippen molar-refractivity contribution in [2.24, 2.45) is 0 Å². The van der Waals surface area contributed by atoms with Gasteiger partial charge in [0.15, 0.2) is 0 Å². The highest BCUT2D eigenvalue weighted by Crippen LogP contribution is 2.29. The Morgan fingerprint density at radius 3 is 2.83 bits per heavy atom. The van der Waals surface area contributed by atoms with Crippen LogP contribution in [0.5, 0.6) is 0 Å². The number of ether oxygens (including phenoxy) is 1. The Balaban J connectivity index is 3.07. The smallest absolute Gasteiger partial charge is 0.0782 e. The molecule has 1 aromatic rings. The molecule has 0 amide bonds. The molecule has 0 saturated carbocycles. The summed E-state index contributed by atoms with van der Waals surface area (Å²) in [6, 6.07) is 5.89. The standard InChI is InChI=1S/C14H20BrNO2/c1-4-7-16(8-9-18-3)14-10-12(15)5-6-13(14)11(2)17/h4-6,10-11,17H,1,7-9H2,2-3H3. The highest BCUT2D eigenvalue weighted by atomic mass is 79.9. The van der Waals surface area contributed by atoms with E-state index in [-0.39, 0.29) is 0 Å². The van der Waals surface area contributed by atoms with Gasteiger partial charge in [0.1, 0.15) is 0 Å². The van der Waals surface area contributed by atoms with Gasteiger partial charge >= 0.3 is 0 Å². The molecule has 0 heterocycles. The molecule has 0 fully saturated rings. The topological polar surface area (TPSA) is 32.7 Å². The molecular weight excluding hydrogens is 294 g/mol. The van der Waals surface area contributed by atoms with Crippen LogP contribution in [-0.2, 0) is 4.74 Å². The second-order valence-electron chi connectivity index (χ2n) is 4.11. The van der Waals surface area contributed by atoms with Crippen molar-refractivity contribution in [3.05, 3.63) is 40.9 Å². The molecule has 0 aliphatic rings. The zero-order chi connectivity index (χ0) is 13.5. The molecule has 1 rings (SSSR count). The second kappa shape index (κ2) is 7.56. The van der Waals surface area contributed by atoms with Crippen molar-refractivity contribution in [2.75, 3.05) is 31.7 Å². The van der Waals surface area contributed by atoms with E-state index in [4.69, 9.17) is 4.74 Å². The highest BCUT2D eigenvalue weighted by molar-refractivity contribution is 9.10. The quantitative estimate of drug-likeness (QED) is 0.785. The first-order chi connectivity index (χ1) is 8.60. The molecule has 1 unspecified atom stereocenters. The van der Waals surface area contributed by atoms with Crippen molar-refractivity contribution in [1.29, 1.82) is 0 Å². The van der Waals surface area contributed by atoms with E-state index in [1.54, 1.807) is 14.0 Å². The second-order valence-corrected chi connectivity index (χ2v) is 5.02. The zero-order valence-electron chi connectivity index (χ0n) is 10.9. The molecule has 0 aromatic heterocycles. The van der Waals surface area contributed by atoms with Crippen LogP contribution in [0.3, 0.4) is 0 Å². The van der Waals surface area contributed by atoms with E-state index in [1.165, 1.54) is 0 Å². The van der Waals surface area contributed by atoms with E-state index < -0.39 is 6.10 Å². The van der Waals surface area contributed by atoms with Crippen molar-refractivity contribution < 1.29 is 9.84 Å². The summed E-state index contributed by atoms with van der Waals surface area (Å²) in [6.07, 6.45) is 1.35. The maximum atomic E-state index is 9.84. The molecule has 0 bridgehead atoms. The minimum atomic E-state index is -0.497. The van der Waals surface area contributed by atoms with Gasteiger partial charge in [-0.05, 0) is 19.1 Å². The fourth-order valence-electron chi connectivity index (χ4n) is 1.81. The van der Waals surface area contributed by atoms with Gasteiger partial charge in [0.05, 0.1) is 12.7 Å². The van der Waals surface area contributed by atoms with Gasteiger partial charge in [-0.15, -0.1) is 6.58 Å². The van der Waals surface area contributed by atoms with E-state index in [1.807, 2.05) is 24.3 Å². The third kappa shape index (κ3) is 4.12. The van der Waals surface area contributed by atoms with Crippen molar-refractivity contribution in [3.63, 3.8) is 0 Å². The number of methoxy groups -OCH3 is 1.